The number of ether oxygens (including phenoxy) is 2. The number of hydrogen-bond donors (Lipinski definition) is 2. The van der Waals surface area contributed by atoms with Gasteiger partial charge in [-0.3, -0.25) is 4.79 Å². The number of likely N-dealkylation sites (tertiary alicyclic amines) is 1. The van der Waals surface area contributed by atoms with E-state index in [4.69, 9.17) is 9.47 Å². The van der Waals surface area contributed by atoms with Crippen LogP contribution >= 0.6 is 11.3 Å². The quantitative estimate of drug-likeness (QED) is 0.189. The number of anilines is 2. The average molecular weight is 675 g/mol. The number of carbonyl (C=O) groups excluding carboxylic acids is 2. The third-order valence-electron chi connectivity index (χ3n) is 7.15. The van der Waals surface area contributed by atoms with Crippen LogP contribution in [0.4, 0.5) is 34.0 Å². The zero-order valence-electron chi connectivity index (χ0n) is 26.4. The minimum atomic E-state index is -4.75. The Morgan fingerprint density at radius 2 is 1.81 bits per heavy atom. The highest BCUT2D eigenvalue weighted by molar-refractivity contribution is 7.15. The Morgan fingerprint density at radius 3 is 2.51 bits per heavy atom. The Labute approximate surface area is 272 Å². The number of rotatable bonds is 7. The molecule has 1 aliphatic rings. The third kappa shape index (κ3) is 8.25. The molecule has 0 saturated carbocycles. The lowest BCUT2D eigenvalue weighted by Gasteiger charge is -2.34. The highest BCUT2D eigenvalue weighted by atomic mass is 32.1. The van der Waals surface area contributed by atoms with E-state index in [-0.39, 0.29) is 40.4 Å². The van der Waals surface area contributed by atoms with E-state index < -0.39 is 29.9 Å². The number of benzene rings is 2. The molecule has 0 radical (unpaired) electrons. The predicted octanol–water partition coefficient (Wildman–Crippen LogP) is 8.00. The molecule has 2 aromatic heterocycles. The summed E-state index contributed by atoms with van der Waals surface area (Å²) in [6.07, 6.45) is -3.73. The van der Waals surface area contributed by atoms with Crippen molar-refractivity contribution in [1.82, 2.24) is 19.9 Å². The highest BCUT2D eigenvalue weighted by Gasteiger charge is 2.32. The molecule has 2 amide bonds. The Bertz CT molecular complexity index is 1810. The van der Waals surface area contributed by atoms with E-state index in [0.29, 0.717) is 40.0 Å². The standard InChI is InChI=1S/C32H34F4N6O4S/c1-17-24(33)25(41-23(43)15-32(34,35)36)20-10-6-7-11-21(20)26(17)45-28-27(47-18(2)38-28)22-12-13-37-29(40-22)39-19-9-8-14-42(16-19)30(44)46-31(3,4)5/h6-7,10-13,19H,8-9,14-16H2,1-5H3,(H,41,43)(H,37,39,40)/t19-/m0/s1. The first-order chi connectivity index (χ1) is 22.1. The molecule has 10 nitrogen and oxygen atoms in total. The molecule has 2 N–H and O–H groups in total. The second kappa shape index (κ2) is 13.3. The van der Waals surface area contributed by atoms with Gasteiger partial charge >= 0.3 is 12.3 Å². The van der Waals surface area contributed by atoms with Crippen LogP contribution in [0.15, 0.2) is 36.5 Å². The molecule has 0 spiro atoms. The fraction of sp³-hybridized carbons (Fsp3) is 0.406. The van der Waals surface area contributed by atoms with E-state index >= 15 is 4.39 Å². The molecule has 15 heteroatoms. The molecule has 1 saturated heterocycles. The van der Waals surface area contributed by atoms with Crippen molar-refractivity contribution in [1.29, 1.82) is 0 Å². The van der Waals surface area contributed by atoms with Gasteiger partial charge in [-0.2, -0.15) is 13.2 Å². The van der Waals surface area contributed by atoms with E-state index in [2.05, 4.69) is 25.6 Å². The summed E-state index contributed by atoms with van der Waals surface area (Å²) < 4.78 is 65.9. The highest BCUT2D eigenvalue weighted by Crippen LogP contribution is 2.43. The molecule has 4 aromatic rings. The first-order valence-electron chi connectivity index (χ1n) is 14.9. The largest absolute Gasteiger partial charge is 0.444 e. The van der Waals surface area contributed by atoms with Gasteiger partial charge in [0.05, 0.1) is 16.4 Å². The Morgan fingerprint density at radius 1 is 1.09 bits per heavy atom. The second-order valence-corrected chi connectivity index (χ2v) is 13.4. The van der Waals surface area contributed by atoms with Gasteiger partial charge in [0, 0.05) is 41.7 Å². The molecule has 1 aliphatic heterocycles. The maximum atomic E-state index is 15.7. The van der Waals surface area contributed by atoms with Gasteiger partial charge in [-0.1, -0.05) is 24.3 Å². The zero-order chi connectivity index (χ0) is 34.1. The molecule has 0 aliphatic carbocycles. The lowest BCUT2D eigenvalue weighted by Crippen LogP contribution is -2.47. The monoisotopic (exact) mass is 674 g/mol. The molecule has 1 fully saturated rings. The van der Waals surface area contributed by atoms with Crippen LogP contribution in [0.3, 0.4) is 0 Å². The van der Waals surface area contributed by atoms with Crippen molar-refractivity contribution in [2.24, 2.45) is 0 Å². The van der Waals surface area contributed by atoms with Crippen LogP contribution in [0.25, 0.3) is 21.3 Å². The number of alkyl halides is 3. The molecular formula is C32H34F4N6O4S. The minimum absolute atomic E-state index is 0.0282. The molecule has 0 bridgehead atoms. The van der Waals surface area contributed by atoms with Crippen LogP contribution in [0.5, 0.6) is 11.6 Å². The van der Waals surface area contributed by atoms with Gasteiger partial charge in [0.2, 0.25) is 17.7 Å². The van der Waals surface area contributed by atoms with Crippen molar-refractivity contribution in [3.8, 4) is 22.2 Å². The van der Waals surface area contributed by atoms with Crippen LogP contribution < -0.4 is 15.4 Å². The third-order valence-corrected chi connectivity index (χ3v) is 8.13. The van der Waals surface area contributed by atoms with Crippen LogP contribution in [0.2, 0.25) is 0 Å². The summed E-state index contributed by atoms with van der Waals surface area (Å²) in [6, 6.07) is 7.92. The molecule has 1 atom stereocenters. The number of hydrogen-bond acceptors (Lipinski definition) is 9. The lowest BCUT2D eigenvalue weighted by molar-refractivity contribution is -0.150. The Hall–Kier alpha value is -4.53. The van der Waals surface area contributed by atoms with Crippen molar-refractivity contribution in [2.45, 2.75) is 71.7 Å². The molecule has 3 heterocycles. The number of carbonyl (C=O) groups is 2. The maximum absolute atomic E-state index is 15.7. The van der Waals surface area contributed by atoms with Gasteiger partial charge in [-0.05, 0) is 53.5 Å². The van der Waals surface area contributed by atoms with E-state index in [0.717, 1.165) is 12.8 Å². The van der Waals surface area contributed by atoms with Crippen LogP contribution in [0.1, 0.15) is 50.6 Å². The first kappa shape index (κ1) is 33.8. The van der Waals surface area contributed by atoms with Crippen LogP contribution in [0, 0.1) is 19.7 Å². The number of aromatic nitrogens is 3. The molecule has 2 aromatic carbocycles. The lowest BCUT2D eigenvalue weighted by atomic mass is 10.0. The second-order valence-electron chi connectivity index (χ2n) is 12.2. The summed E-state index contributed by atoms with van der Waals surface area (Å²) in [5, 5.41) is 6.56. The van der Waals surface area contributed by atoms with Crippen molar-refractivity contribution in [3.63, 3.8) is 0 Å². The normalized spacial score (nSPS) is 15.4. The molecule has 5 rings (SSSR count). The van der Waals surface area contributed by atoms with Crippen LogP contribution in [-0.4, -0.2) is 62.8 Å². The number of thiazole rings is 1. The van der Waals surface area contributed by atoms with E-state index in [1.54, 1.807) is 42.3 Å². The summed E-state index contributed by atoms with van der Waals surface area (Å²) in [4.78, 5) is 40.5. The van der Waals surface area contributed by atoms with Crippen molar-refractivity contribution >= 4 is 45.7 Å². The number of fused-ring (bicyclic) bond motifs is 1. The van der Waals surface area contributed by atoms with Gasteiger partial charge in [0.25, 0.3) is 0 Å². The SMILES string of the molecule is Cc1nc(Oc2c(C)c(F)c(NC(=O)CC(F)(F)F)c3ccccc23)c(-c2ccnc(N[C@H]3CCCN(C(=O)OC(C)(C)C)C3)n2)s1. The summed E-state index contributed by atoms with van der Waals surface area (Å²) in [7, 11) is 0. The summed E-state index contributed by atoms with van der Waals surface area (Å²) in [5.41, 5.74) is -0.512. The Balaban J connectivity index is 1.41. The average Bonchev–Trinajstić information content (AvgIpc) is 3.36. The van der Waals surface area contributed by atoms with Gasteiger partial charge in [-0.15, -0.1) is 11.3 Å². The molecular weight excluding hydrogens is 640 g/mol. The number of nitrogens with zero attached hydrogens (tertiary/aromatic N) is 4. The zero-order valence-corrected chi connectivity index (χ0v) is 27.2. The number of piperidine rings is 1. The summed E-state index contributed by atoms with van der Waals surface area (Å²) in [5.74, 6) is -1.74. The van der Waals surface area contributed by atoms with E-state index in [9.17, 15) is 22.8 Å². The number of aryl methyl sites for hydroxylation is 1. The smallest absolute Gasteiger partial charge is 0.410 e. The topological polar surface area (TPSA) is 119 Å². The summed E-state index contributed by atoms with van der Waals surface area (Å²) >= 11 is 1.30. The fourth-order valence-corrected chi connectivity index (χ4v) is 6.00. The first-order valence-corrected chi connectivity index (χ1v) is 15.7. The van der Waals surface area contributed by atoms with E-state index in [1.807, 2.05) is 20.8 Å². The predicted molar refractivity (Wildman–Crippen MR) is 170 cm³/mol. The summed E-state index contributed by atoms with van der Waals surface area (Å²) in [6.45, 7) is 9.65. The molecule has 0 unspecified atom stereocenters. The van der Waals surface area contributed by atoms with Crippen molar-refractivity contribution in [2.75, 3.05) is 23.7 Å². The number of amides is 2. The van der Waals surface area contributed by atoms with Crippen molar-refractivity contribution < 1.29 is 36.6 Å². The van der Waals surface area contributed by atoms with Gasteiger partial charge in [0.1, 0.15) is 22.6 Å². The minimum Gasteiger partial charge on any atom is -0.444 e. The van der Waals surface area contributed by atoms with Crippen molar-refractivity contribution in [3.05, 3.63) is 52.9 Å². The Kier molecular flexibility index (Phi) is 9.57. The molecule has 250 valence electrons. The van der Waals surface area contributed by atoms with E-state index in [1.165, 1.54) is 24.3 Å². The fourth-order valence-electron chi connectivity index (χ4n) is 5.19. The van der Waals surface area contributed by atoms with Crippen LogP contribution in [-0.2, 0) is 9.53 Å². The molecule has 47 heavy (non-hydrogen) atoms. The maximum Gasteiger partial charge on any atom is 0.410 e. The van der Waals surface area contributed by atoms with Gasteiger partial charge < -0.3 is 25.0 Å². The van der Waals surface area contributed by atoms with Gasteiger partial charge in [-0.25, -0.2) is 24.1 Å². The number of halogens is 4. The van der Waals surface area contributed by atoms with Gasteiger partial charge in [0.15, 0.2) is 5.82 Å². The number of nitrogens with one attached hydrogen (secondary N) is 2.